The van der Waals surface area contributed by atoms with Crippen molar-refractivity contribution >= 4 is 39.3 Å². The highest BCUT2D eigenvalue weighted by Gasteiger charge is 2.28. The molecule has 0 saturated carbocycles. The number of carbonyl (C=O) groups excluding carboxylic acids is 1. The van der Waals surface area contributed by atoms with Crippen molar-refractivity contribution in [1.29, 1.82) is 0 Å². The summed E-state index contributed by atoms with van der Waals surface area (Å²) >= 11 is 5.29. The first-order chi connectivity index (χ1) is 8.63. The van der Waals surface area contributed by atoms with Crippen LogP contribution in [0.1, 0.15) is 13.3 Å². The zero-order valence-electron chi connectivity index (χ0n) is 10.6. The molecule has 0 radical (unpaired) electrons. The molecule has 1 unspecified atom stereocenters. The SMILES string of the molecule is CNCCC(=O)N1c2ccc(Br)cc2SCC1C. The number of benzene rings is 1. The summed E-state index contributed by atoms with van der Waals surface area (Å²) in [6.07, 6.45) is 0.543. The van der Waals surface area contributed by atoms with E-state index in [-0.39, 0.29) is 11.9 Å². The van der Waals surface area contributed by atoms with Crippen LogP contribution in [0.25, 0.3) is 0 Å². The number of hydrogen-bond donors (Lipinski definition) is 1. The zero-order valence-corrected chi connectivity index (χ0v) is 13.0. The number of rotatable bonds is 3. The van der Waals surface area contributed by atoms with Gasteiger partial charge in [0.05, 0.1) is 5.69 Å². The third-order valence-electron chi connectivity index (χ3n) is 2.96. The first-order valence-corrected chi connectivity index (χ1v) is 7.80. The Morgan fingerprint density at radius 3 is 3.11 bits per heavy atom. The highest BCUT2D eigenvalue weighted by Crippen LogP contribution is 2.39. The Balaban J connectivity index is 2.27. The molecule has 1 amide bonds. The molecule has 1 N–H and O–H groups in total. The average molecular weight is 329 g/mol. The predicted octanol–water partition coefficient (Wildman–Crippen LogP) is 2.89. The molecular formula is C13H17BrN2OS. The van der Waals surface area contributed by atoms with Crippen LogP contribution in [0.5, 0.6) is 0 Å². The first-order valence-electron chi connectivity index (χ1n) is 6.02. The molecule has 1 heterocycles. The Morgan fingerprint density at radius 1 is 1.61 bits per heavy atom. The monoisotopic (exact) mass is 328 g/mol. The highest BCUT2D eigenvalue weighted by molar-refractivity contribution is 9.10. The number of nitrogens with one attached hydrogen (secondary N) is 1. The van der Waals surface area contributed by atoms with Crippen LogP contribution in [0.2, 0.25) is 0 Å². The molecular weight excluding hydrogens is 312 g/mol. The number of hydrogen-bond acceptors (Lipinski definition) is 3. The van der Waals surface area contributed by atoms with Crippen molar-refractivity contribution in [3.05, 3.63) is 22.7 Å². The molecule has 1 atom stereocenters. The molecule has 0 spiro atoms. The fourth-order valence-electron chi connectivity index (χ4n) is 2.06. The Morgan fingerprint density at radius 2 is 2.39 bits per heavy atom. The number of anilines is 1. The van der Waals surface area contributed by atoms with E-state index in [0.717, 1.165) is 22.5 Å². The maximum atomic E-state index is 12.3. The van der Waals surface area contributed by atoms with E-state index < -0.39 is 0 Å². The molecule has 0 saturated heterocycles. The van der Waals surface area contributed by atoms with Crippen molar-refractivity contribution < 1.29 is 4.79 Å². The molecule has 0 aromatic heterocycles. The molecule has 1 aliphatic heterocycles. The van der Waals surface area contributed by atoms with Crippen molar-refractivity contribution in [3.63, 3.8) is 0 Å². The summed E-state index contributed by atoms with van der Waals surface area (Å²) in [7, 11) is 1.87. The van der Waals surface area contributed by atoms with Gasteiger partial charge in [-0.3, -0.25) is 4.79 Å². The van der Waals surface area contributed by atoms with Gasteiger partial charge in [0, 0.05) is 34.1 Å². The minimum Gasteiger partial charge on any atom is -0.319 e. The van der Waals surface area contributed by atoms with Gasteiger partial charge in [-0.05, 0) is 32.2 Å². The van der Waals surface area contributed by atoms with E-state index in [1.165, 1.54) is 4.90 Å². The van der Waals surface area contributed by atoms with Gasteiger partial charge in [-0.25, -0.2) is 0 Å². The van der Waals surface area contributed by atoms with Crippen LogP contribution < -0.4 is 10.2 Å². The third-order valence-corrected chi connectivity index (χ3v) is 4.74. The van der Waals surface area contributed by atoms with Gasteiger partial charge in [-0.15, -0.1) is 11.8 Å². The van der Waals surface area contributed by atoms with E-state index in [4.69, 9.17) is 0 Å². The lowest BCUT2D eigenvalue weighted by Crippen LogP contribution is -2.43. The maximum Gasteiger partial charge on any atom is 0.228 e. The molecule has 0 bridgehead atoms. The van der Waals surface area contributed by atoms with Crippen molar-refractivity contribution in [3.8, 4) is 0 Å². The molecule has 0 fully saturated rings. The molecule has 18 heavy (non-hydrogen) atoms. The molecule has 2 rings (SSSR count). The second kappa shape index (κ2) is 6.08. The van der Waals surface area contributed by atoms with Gasteiger partial charge in [-0.1, -0.05) is 15.9 Å². The summed E-state index contributed by atoms with van der Waals surface area (Å²) in [6, 6.07) is 6.37. The second-order valence-electron chi connectivity index (χ2n) is 4.39. The predicted molar refractivity (Wildman–Crippen MR) is 80.4 cm³/mol. The maximum absolute atomic E-state index is 12.3. The smallest absolute Gasteiger partial charge is 0.228 e. The number of halogens is 1. The van der Waals surface area contributed by atoms with Crippen LogP contribution in [0.3, 0.4) is 0 Å². The van der Waals surface area contributed by atoms with Crippen molar-refractivity contribution in [2.45, 2.75) is 24.3 Å². The van der Waals surface area contributed by atoms with E-state index in [2.05, 4.69) is 34.2 Å². The van der Waals surface area contributed by atoms with Gasteiger partial charge >= 0.3 is 0 Å². The minimum absolute atomic E-state index is 0.195. The summed E-state index contributed by atoms with van der Waals surface area (Å²) in [5.41, 5.74) is 1.04. The van der Waals surface area contributed by atoms with Crippen LogP contribution >= 0.6 is 27.7 Å². The van der Waals surface area contributed by atoms with Crippen LogP contribution in [-0.2, 0) is 4.79 Å². The summed E-state index contributed by atoms with van der Waals surface area (Å²) < 4.78 is 1.06. The number of amides is 1. The molecule has 3 nitrogen and oxygen atoms in total. The second-order valence-corrected chi connectivity index (χ2v) is 6.37. The van der Waals surface area contributed by atoms with E-state index in [0.29, 0.717) is 6.42 Å². The molecule has 1 aliphatic rings. The van der Waals surface area contributed by atoms with Crippen LogP contribution in [0, 0.1) is 0 Å². The first kappa shape index (κ1) is 13.9. The Labute approximate surface area is 120 Å². The van der Waals surface area contributed by atoms with Gasteiger partial charge in [0.2, 0.25) is 5.91 Å². The molecule has 1 aromatic rings. The number of thioether (sulfide) groups is 1. The number of carbonyl (C=O) groups is 1. The van der Waals surface area contributed by atoms with Crippen LogP contribution in [0.4, 0.5) is 5.69 Å². The number of fused-ring (bicyclic) bond motifs is 1. The fraction of sp³-hybridized carbons (Fsp3) is 0.462. The van der Waals surface area contributed by atoms with Gasteiger partial charge in [-0.2, -0.15) is 0 Å². The fourth-order valence-corrected chi connectivity index (χ4v) is 3.66. The van der Waals surface area contributed by atoms with Gasteiger partial charge in [0.25, 0.3) is 0 Å². The highest BCUT2D eigenvalue weighted by atomic mass is 79.9. The number of nitrogens with zero attached hydrogens (tertiary/aromatic N) is 1. The molecule has 1 aromatic carbocycles. The zero-order chi connectivity index (χ0) is 13.1. The van der Waals surface area contributed by atoms with E-state index >= 15 is 0 Å². The molecule has 98 valence electrons. The van der Waals surface area contributed by atoms with E-state index in [1.54, 1.807) is 0 Å². The minimum atomic E-state index is 0.195. The summed E-state index contributed by atoms with van der Waals surface area (Å²) in [4.78, 5) is 15.4. The average Bonchev–Trinajstić information content (AvgIpc) is 2.36. The lowest BCUT2D eigenvalue weighted by Gasteiger charge is -2.35. The van der Waals surface area contributed by atoms with Gasteiger partial charge in [0.1, 0.15) is 0 Å². The summed E-state index contributed by atoms with van der Waals surface area (Å²) in [6.45, 7) is 2.83. The Bertz CT molecular complexity index is 453. The normalized spacial score (nSPS) is 18.6. The van der Waals surface area contributed by atoms with E-state index in [9.17, 15) is 4.79 Å². The van der Waals surface area contributed by atoms with Crippen LogP contribution in [0.15, 0.2) is 27.6 Å². The standard InChI is InChI=1S/C13H17BrN2OS/c1-9-8-18-12-7-10(14)3-4-11(12)16(9)13(17)5-6-15-2/h3-4,7,9,15H,5-6,8H2,1-2H3. The van der Waals surface area contributed by atoms with Gasteiger partial charge < -0.3 is 10.2 Å². The lowest BCUT2D eigenvalue weighted by atomic mass is 10.2. The van der Waals surface area contributed by atoms with Gasteiger partial charge in [0.15, 0.2) is 0 Å². The Hall–Kier alpha value is -0.520. The van der Waals surface area contributed by atoms with Crippen molar-refractivity contribution in [1.82, 2.24) is 5.32 Å². The molecule has 5 heteroatoms. The summed E-state index contributed by atoms with van der Waals surface area (Å²) in [5.74, 6) is 1.15. The third kappa shape index (κ3) is 2.90. The van der Waals surface area contributed by atoms with Crippen molar-refractivity contribution in [2.24, 2.45) is 0 Å². The summed E-state index contributed by atoms with van der Waals surface area (Å²) in [5, 5.41) is 3.03. The topological polar surface area (TPSA) is 32.3 Å². The lowest BCUT2D eigenvalue weighted by molar-refractivity contribution is -0.118. The van der Waals surface area contributed by atoms with E-state index in [1.807, 2.05) is 35.8 Å². The molecule has 0 aliphatic carbocycles. The quantitative estimate of drug-likeness (QED) is 0.925. The van der Waals surface area contributed by atoms with Crippen molar-refractivity contribution in [2.75, 3.05) is 24.2 Å². The Kier molecular flexibility index (Phi) is 4.70. The van der Waals surface area contributed by atoms with Crippen LogP contribution in [-0.4, -0.2) is 31.3 Å². The largest absolute Gasteiger partial charge is 0.319 e.